The lowest BCUT2D eigenvalue weighted by molar-refractivity contribution is -0.199. The van der Waals surface area contributed by atoms with Gasteiger partial charge in [0.1, 0.15) is 0 Å². The van der Waals surface area contributed by atoms with Crippen LogP contribution >= 0.6 is 0 Å². The Morgan fingerprint density at radius 1 is 0.824 bits per heavy atom. The minimum atomic E-state index is -4.45. The average Bonchev–Trinajstić information content (AvgIpc) is 2.83. The van der Waals surface area contributed by atoms with Gasteiger partial charge in [-0.15, -0.1) is 0 Å². The monoisotopic (exact) mass is 482 g/mol. The first-order valence-electron chi connectivity index (χ1n) is 13.9. The zero-order valence-corrected chi connectivity index (χ0v) is 20.8. The molecule has 1 unspecified atom stereocenters. The maximum atomic E-state index is 14.5. The Balaban J connectivity index is 1.20. The molecule has 5 heteroatoms. The molecular formula is C29H42F4O. The number of halogens is 4. The van der Waals surface area contributed by atoms with Crippen LogP contribution < -0.4 is 4.74 Å². The molecular weight excluding hydrogens is 440 g/mol. The molecule has 1 aromatic rings. The van der Waals surface area contributed by atoms with E-state index in [1.54, 1.807) is 0 Å². The van der Waals surface area contributed by atoms with Crippen LogP contribution in [0.5, 0.6) is 5.75 Å². The molecule has 0 spiro atoms. The predicted molar refractivity (Wildman–Crippen MR) is 129 cm³/mol. The van der Waals surface area contributed by atoms with Crippen molar-refractivity contribution >= 4 is 0 Å². The predicted octanol–water partition coefficient (Wildman–Crippen LogP) is 9.21. The molecule has 1 atom stereocenters. The quantitative estimate of drug-likeness (QED) is 0.265. The molecule has 0 aromatic heterocycles. The van der Waals surface area contributed by atoms with Crippen molar-refractivity contribution in [1.29, 1.82) is 0 Å². The molecule has 2 aliphatic carbocycles. The van der Waals surface area contributed by atoms with Gasteiger partial charge >= 0.3 is 6.18 Å². The van der Waals surface area contributed by atoms with E-state index in [1.807, 2.05) is 6.07 Å². The molecule has 34 heavy (non-hydrogen) atoms. The highest BCUT2D eigenvalue weighted by Crippen LogP contribution is 2.43. The summed E-state index contributed by atoms with van der Waals surface area (Å²) in [6, 6.07) is 3.26. The zero-order valence-electron chi connectivity index (χ0n) is 20.8. The third-order valence-corrected chi connectivity index (χ3v) is 8.99. The van der Waals surface area contributed by atoms with Crippen molar-refractivity contribution in [1.82, 2.24) is 0 Å². The molecule has 2 fully saturated rings. The van der Waals surface area contributed by atoms with Crippen molar-refractivity contribution in [3.8, 4) is 5.75 Å². The zero-order chi connectivity index (χ0) is 24.1. The van der Waals surface area contributed by atoms with E-state index in [0.29, 0.717) is 11.5 Å². The molecule has 0 saturated heterocycles. The van der Waals surface area contributed by atoms with Crippen LogP contribution in [0.3, 0.4) is 0 Å². The van der Waals surface area contributed by atoms with Gasteiger partial charge in [-0.2, -0.15) is 13.2 Å². The first-order valence-corrected chi connectivity index (χ1v) is 13.9. The van der Waals surface area contributed by atoms with E-state index in [0.717, 1.165) is 36.2 Å². The van der Waals surface area contributed by atoms with Crippen molar-refractivity contribution in [2.45, 2.75) is 122 Å². The van der Waals surface area contributed by atoms with Crippen LogP contribution in [0.25, 0.3) is 0 Å². The molecule has 1 nitrogen and oxygen atoms in total. The molecule has 0 bridgehead atoms. The standard InChI is InChI=1S/C29H42F4O/c1-2-3-4-5-20-8-12-23(13-9-20)24-14-10-21(11-15-24)6-7-22-18-25-16-17-27(29(31,32)33)34-28(25)26(30)19-22/h18-21,23-24,27H,2-17H2,1H3. The highest BCUT2D eigenvalue weighted by Gasteiger charge is 2.44. The van der Waals surface area contributed by atoms with E-state index in [-0.39, 0.29) is 18.6 Å². The summed E-state index contributed by atoms with van der Waals surface area (Å²) >= 11 is 0. The van der Waals surface area contributed by atoms with Crippen LogP contribution in [0, 0.1) is 29.5 Å². The van der Waals surface area contributed by atoms with E-state index >= 15 is 0 Å². The van der Waals surface area contributed by atoms with Crippen molar-refractivity contribution < 1.29 is 22.3 Å². The Morgan fingerprint density at radius 3 is 2.03 bits per heavy atom. The van der Waals surface area contributed by atoms with Crippen molar-refractivity contribution in [2.75, 3.05) is 0 Å². The number of ether oxygens (including phenoxy) is 1. The van der Waals surface area contributed by atoms with Crippen LogP contribution in [0.4, 0.5) is 17.6 Å². The van der Waals surface area contributed by atoms with Gasteiger partial charge in [0.25, 0.3) is 0 Å². The maximum absolute atomic E-state index is 14.5. The van der Waals surface area contributed by atoms with Crippen LogP contribution in [0.1, 0.15) is 108 Å². The van der Waals surface area contributed by atoms with Gasteiger partial charge in [-0.1, -0.05) is 64.4 Å². The molecule has 1 aromatic carbocycles. The average molecular weight is 483 g/mol. The number of aryl methyl sites for hydroxylation is 2. The first kappa shape index (κ1) is 25.8. The number of unbranched alkanes of at least 4 members (excludes halogenated alkanes) is 2. The summed E-state index contributed by atoms with van der Waals surface area (Å²) < 4.78 is 58.4. The summed E-state index contributed by atoms with van der Waals surface area (Å²) in [6.07, 6.45) is 12.1. The Bertz CT molecular complexity index is 773. The fraction of sp³-hybridized carbons (Fsp3) is 0.793. The lowest BCUT2D eigenvalue weighted by Gasteiger charge is -2.38. The molecule has 0 amide bonds. The van der Waals surface area contributed by atoms with Gasteiger partial charge < -0.3 is 4.74 Å². The van der Waals surface area contributed by atoms with Crippen molar-refractivity contribution in [3.63, 3.8) is 0 Å². The Hall–Kier alpha value is -1.26. The van der Waals surface area contributed by atoms with E-state index < -0.39 is 18.1 Å². The van der Waals surface area contributed by atoms with E-state index in [9.17, 15) is 17.6 Å². The third-order valence-electron chi connectivity index (χ3n) is 8.99. The summed E-state index contributed by atoms with van der Waals surface area (Å²) in [5.74, 6) is 2.65. The molecule has 3 aliphatic rings. The van der Waals surface area contributed by atoms with Gasteiger partial charge in [0.15, 0.2) is 17.7 Å². The molecule has 0 N–H and O–H groups in total. The Morgan fingerprint density at radius 2 is 1.44 bits per heavy atom. The van der Waals surface area contributed by atoms with E-state index in [4.69, 9.17) is 4.74 Å². The van der Waals surface area contributed by atoms with E-state index in [1.165, 1.54) is 83.1 Å². The third kappa shape index (κ3) is 6.69. The minimum Gasteiger partial charge on any atom is -0.478 e. The molecule has 1 aliphatic heterocycles. The number of benzene rings is 1. The topological polar surface area (TPSA) is 9.23 Å². The number of rotatable bonds is 8. The second-order valence-corrected chi connectivity index (χ2v) is 11.3. The molecule has 0 radical (unpaired) electrons. The summed E-state index contributed by atoms with van der Waals surface area (Å²) in [7, 11) is 0. The number of hydrogen-bond donors (Lipinski definition) is 0. The first-order chi connectivity index (χ1) is 16.3. The molecule has 192 valence electrons. The van der Waals surface area contributed by atoms with Crippen molar-refractivity contribution in [2.24, 2.45) is 23.7 Å². The van der Waals surface area contributed by atoms with Gasteiger partial charge in [-0.05, 0) is 92.2 Å². The van der Waals surface area contributed by atoms with Gasteiger partial charge in [0, 0.05) is 0 Å². The summed E-state index contributed by atoms with van der Waals surface area (Å²) in [4.78, 5) is 0. The van der Waals surface area contributed by atoms with Crippen LogP contribution in [0.2, 0.25) is 0 Å². The molecule has 1 heterocycles. The molecule has 2 saturated carbocycles. The fourth-order valence-electron chi connectivity index (χ4n) is 6.84. The Labute approximate surface area is 203 Å². The summed E-state index contributed by atoms with van der Waals surface area (Å²) in [6.45, 7) is 2.28. The second-order valence-electron chi connectivity index (χ2n) is 11.3. The fourth-order valence-corrected chi connectivity index (χ4v) is 6.84. The lowest BCUT2D eigenvalue weighted by atomic mass is 9.68. The highest BCUT2D eigenvalue weighted by molar-refractivity contribution is 5.40. The highest BCUT2D eigenvalue weighted by atomic mass is 19.4. The normalized spacial score (nSPS) is 30.0. The van der Waals surface area contributed by atoms with Crippen LogP contribution in [-0.4, -0.2) is 12.3 Å². The smallest absolute Gasteiger partial charge is 0.425 e. The Kier molecular flexibility index (Phi) is 8.85. The van der Waals surface area contributed by atoms with E-state index in [2.05, 4.69) is 6.92 Å². The molecule has 4 rings (SSSR count). The summed E-state index contributed by atoms with van der Waals surface area (Å²) in [5.41, 5.74) is 1.48. The lowest BCUT2D eigenvalue weighted by Crippen LogP contribution is -2.37. The van der Waals surface area contributed by atoms with Crippen molar-refractivity contribution in [3.05, 3.63) is 29.1 Å². The minimum absolute atomic E-state index is 0.135. The number of fused-ring (bicyclic) bond motifs is 1. The van der Waals surface area contributed by atoms with Crippen LogP contribution in [0.15, 0.2) is 12.1 Å². The van der Waals surface area contributed by atoms with Gasteiger partial charge in [0.2, 0.25) is 0 Å². The second kappa shape index (κ2) is 11.6. The number of alkyl halides is 3. The largest absolute Gasteiger partial charge is 0.478 e. The SMILES string of the molecule is CCCCCC1CCC(C2CCC(CCc3cc(F)c4c(c3)CCC(C(F)(F)F)O4)CC2)CC1. The van der Waals surface area contributed by atoms with Gasteiger partial charge in [0.05, 0.1) is 0 Å². The van der Waals surface area contributed by atoms with Gasteiger partial charge in [-0.25, -0.2) is 4.39 Å². The van der Waals surface area contributed by atoms with Gasteiger partial charge in [-0.3, -0.25) is 0 Å². The number of hydrogen-bond acceptors (Lipinski definition) is 1. The van der Waals surface area contributed by atoms with Crippen LogP contribution in [-0.2, 0) is 12.8 Å². The summed E-state index contributed by atoms with van der Waals surface area (Å²) in [5, 5.41) is 0. The maximum Gasteiger partial charge on any atom is 0.425 e.